The summed E-state index contributed by atoms with van der Waals surface area (Å²) in [7, 11) is 1.77. The van der Waals surface area contributed by atoms with Crippen molar-refractivity contribution in [1.82, 2.24) is 4.57 Å². The summed E-state index contributed by atoms with van der Waals surface area (Å²) in [6.07, 6.45) is 3.12. The van der Waals surface area contributed by atoms with Gasteiger partial charge in [0.25, 0.3) is 0 Å². The number of thioether (sulfide) groups is 1. The van der Waals surface area contributed by atoms with Crippen LogP contribution in [0.3, 0.4) is 0 Å². The number of nitrogen functional groups attached to an aromatic ring is 1. The molecule has 0 bridgehead atoms. The fourth-order valence-corrected chi connectivity index (χ4v) is 3.10. The van der Waals surface area contributed by atoms with Crippen LogP contribution in [-0.4, -0.2) is 23.0 Å². The van der Waals surface area contributed by atoms with Gasteiger partial charge in [0.15, 0.2) is 0 Å². The molecule has 3 nitrogen and oxygen atoms in total. The van der Waals surface area contributed by atoms with E-state index in [9.17, 15) is 0 Å². The molecular weight excluding hydrogens is 268 g/mol. The van der Waals surface area contributed by atoms with E-state index in [1.54, 1.807) is 7.11 Å². The van der Waals surface area contributed by atoms with Crippen molar-refractivity contribution in [3.63, 3.8) is 0 Å². The van der Waals surface area contributed by atoms with E-state index < -0.39 is 0 Å². The molecule has 0 saturated heterocycles. The molecule has 1 heterocycles. The van der Waals surface area contributed by atoms with E-state index in [0.717, 1.165) is 24.4 Å². The molecule has 0 aliphatic carbocycles. The van der Waals surface area contributed by atoms with Crippen LogP contribution >= 0.6 is 11.8 Å². The molecule has 1 aromatic heterocycles. The predicted octanol–water partition coefficient (Wildman–Crippen LogP) is 4.15. The maximum absolute atomic E-state index is 6.04. The van der Waals surface area contributed by atoms with E-state index in [4.69, 9.17) is 10.5 Å². The van der Waals surface area contributed by atoms with Crippen LogP contribution in [0.15, 0.2) is 29.3 Å². The standard InChI is InChI=1S/C16H24N2OS/c1-5-20-15-11-12(17)10-14-13(15)6-8-18(14)9-7-16(2,3)19-4/h6,8,10-11H,5,7,9,17H2,1-4H3. The van der Waals surface area contributed by atoms with E-state index in [1.807, 2.05) is 11.8 Å². The van der Waals surface area contributed by atoms with Crippen molar-refractivity contribution in [3.8, 4) is 0 Å². The molecule has 110 valence electrons. The Kier molecular flexibility index (Phi) is 4.66. The van der Waals surface area contributed by atoms with E-state index >= 15 is 0 Å². The van der Waals surface area contributed by atoms with Gasteiger partial charge in [-0.25, -0.2) is 0 Å². The lowest BCUT2D eigenvalue weighted by Crippen LogP contribution is -2.24. The third kappa shape index (κ3) is 3.30. The van der Waals surface area contributed by atoms with E-state index in [0.29, 0.717) is 0 Å². The highest BCUT2D eigenvalue weighted by Gasteiger charge is 2.17. The second kappa shape index (κ2) is 6.10. The van der Waals surface area contributed by atoms with Crippen molar-refractivity contribution in [2.75, 3.05) is 18.6 Å². The first-order valence-electron chi connectivity index (χ1n) is 7.03. The number of ether oxygens (including phenoxy) is 1. The molecule has 20 heavy (non-hydrogen) atoms. The Morgan fingerprint density at radius 1 is 1.35 bits per heavy atom. The normalized spacial score (nSPS) is 12.2. The zero-order chi connectivity index (χ0) is 14.8. The lowest BCUT2D eigenvalue weighted by Gasteiger charge is -2.23. The predicted molar refractivity (Wildman–Crippen MR) is 88.5 cm³/mol. The SMILES string of the molecule is CCSc1cc(N)cc2c1ccn2CCC(C)(C)OC. The minimum absolute atomic E-state index is 0.0993. The Hall–Kier alpha value is -1.13. The zero-order valence-electron chi connectivity index (χ0n) is 12.8. The van der Waals surface area contributed by atoms with Crippen LogP contribution < -0.4 is 5.73 Å². The topological polar surface area (TPSA) is 40.2 Å². The number of aryl methyl sites for hydroxylation is 1. The smallest absolute Gasteiger partial charge is 0.0639 e. The number of aromatic nitrogens is 1. The number of rotatable bonds is 6. The Labute approximate surface area is 125 Å². The molecule has 0 saturated carbocycles. The van der Waals surface area contributed by atoms with Crippen molar-refractivity contribution in [2.45, 2.75) is 44.2 Å². The number of methoxy groups -OCH3 is 1. The fourth-order valence-electron chi connectivity index (χ4n) is 2.24. The van der Waals surface area contributed by atoms with E-state index in [1.165, 1.54) is 15.8 Å². The van der Waals surface area contributed by atoms with Crippen molar-refractivity contribution in [1.29, 1.82) is 0 Å². The lowest BCUT2D eigenvalue weighted by molar-refractivity contribution is 0.0123. The van der Waals surface area contributed by atoms with Gasteiger partial charge in [0.1, 0.15) is 0 Å². The summed E-state index contributed by atoms with van der Waals surface area (Å²) in [6, 6.07) is 6.32. The molecule has 0 radical (unpaired) electrons. The largest absolute Gasteiger partial charge is 0.399 e. The minimum atomic E-state index is -0.0993. The molecule has 0 amide bonds. The van der Waals surface area contributed by atoms with Crippen molar-refractivity contribution >= 4 is 28.4 Å². The first-order valence-corrected chi connectivity index (χ1v) is 8.01. The van der Waals surface area contributed by atoms with Crippen LogP contribution in [0.5, 0.6) is 0 Å². The third-order valence-electron chi connectivity index (χ3n) is 3.68. The zero-order valence-corrected chi connectivity index (χ0v) is 13.6. The van der Waals surface area contributed by atoms with Crippen LogP contribution in [0.2, 0.25) is 0 Å². The van der Waals surface area contributed by atoms with Crippen molar-refractivity contribution in [2.24, 2.45) is 0 Å². The molecule has 1 aromatic carbocycles. The summed E-state index contributed by atoms with van der Waals surface area (Å²) in [4.78, 5) is 1.27. The monoisotopic (exact) mass is 292 g/mol. The number of hydrogen-bond donors (Lipinski definition) is 1. The highest BCUT2D eigenvalue weighted by Crippen LogP contribution is 2.31. The second-order valence-electron chi connectivity index (χ2n) is 5.61. The van der Waals surface area contributed by atoms with Gasteiger partial charge in [0, 0.05) is 35.8 Å². The number of anilines is 1. The van der Waals surface area contributed by atoms with Gasteiger partial charge in [-0.1, -0.05) is 6.92 Å². The Morgan fingerprint density at radius 3 is 2.75 bits per heavy atom. The summed E-state index contributed by atoms with van der Waals surface area (Å²) in [5, 5.41) is 1.29. The summed E-state index contributed by atoms with van der Waals surface area (Å²) < 4.78 is 7.76. The Morgan fingerprint density at radius 2 is 2.10 bits per heavy atom. The van der Waals surface area contributed by atoms with E-state index in [-0.39, 0.29) is 5.60 Å². The first kappa shape index (κ1) is 15.3. The van der Waals surface area contributed by atoms with Crippen LogP contribution in [0.25, 0.3) is 10.9 Å². The molecular formula is C16H24N2OS. The highest BCUT2D eigenvalue weighted by molar-refractivity contribution is 7.99. The maximum Gasteiger partial charge on any atom is 0.0639 e. The van der Waals surface area contributed by atoms with Gasteiger partial charge in [0.05, 0.1) is 11.1 Å². The number of fused-ring (bicyclic) bond motifs is 1. The molecule has 4 heteroatoms. The molecule has 0 aliphatic heterocycles. The third-order valence-corrected chi connectivity index (χ3v) is 4.62. The Bertz CT molecular complexity index is 589. The summed E-state index contributed by atoms with van der Waals surface area (Å²) in [5.41, 5.74) is 7.99. The molecule has 0 fully saturated rings. The van der Waals surface area contributed by atoms with Gasteiger partial charge in [-0.2, -0.15) is 0 Å². The summed E-state index contributed by atoms with van der Waals surface area (Å²) >= 11 is 1.84. The average Bonchev–Trinajstić information content (AvgIpc) is 2.80. The second-order valence-corrected chi connectivity index (χ2v) is 6.91. The van der Waals surface area contributed by atoms with Gasteiger partial charge in [-0.15, -0.1) is 11.8 Å². The lowest BCUT2D eigenvalue weighted by atomic mass is 10.1. The molecule has 0 atom stereocenters. The molecule has 2 rings (SSSR count). The van der Waals surface area contributed by atoms with Gasteiger partial charge < -0.3 is 15.0 Å². The van der Waals surface area contributed by atoms with Crippen molar-refractivity contribution < 1.29 is 4.74 Å². The van der Waals surface area contributed by atoms with Crippen molar-refractivity contribution in [3.05, 3.63) is 24.4 Å². The molecule has 0 aliphatic rings. The van der Waals surface area contributed by atoms with E-state index in [2.05, 4.69) is 49.7 Å². The Balaban J connectivity index is 2.31. The number of nitrogens with zero attached hydrogens (tertiary/aromatic N) is 1. The minimum Gasteiger partial charge on any atom is -0.399 e. The molecule has 0 spiro atoms. The average molecular weight is 292 g/mol. The van der Waals surface area contributed by atoms with Crippen LogP contribution in [0.1, 0.15) is 27.2 Å². The van der Waals surface area contributed by atoms with Crippen LogP contribution in [0, 0.1) is 0 Å². The quantitative estimate of drug-likeness (QED) is 0.642. The summed E-state index contributed by atoms with van der Waals surface area (Å²) in [6.45, 7) is 7.33. The number of hydrogen-bond acceptors (Lipinski definition) is 3. The number of nitrogens with two attached hydrogens (primary N) is 1. The van der Waals surface area contributed by atoms with Crippen LogP contribution in [-0.2, 0) is 11.3 Å². The maximum atomic E-state index is 6.04. The first-order chi connectivity index (χ1) is 9.46. The van der Waals surface area contributed by atoms with Gasteiger partial charge in [-0.3, -0.25) is 0 Å². The van der Waals surface area contributed by atoms with Gasteiger partial charge >= 0.3 is 0 Å². The fraction of sp³-hybridized carbons (Fsp3) is 0.500. The van der Waals surface area contributed by atoms with Crippen LogP contribution in [0.4, 0.5) is 5.69 Å². The molecule has 2 N–H and O–H groups in total. The molecule has 2 aromatic rings. The van der Waals surface area contributed by atoms with Gasteiger partial charge in [0.2, 0.25) is 0 Å². The summed E-state index contributed by atoms with van der Waals surface area (Å²) in [5.74, 6) is 1.06. The van der Waals surface area contributed by atoms with Gasteiger partial charge in [-0.05, 0) is 44.2 Å². The number of benzene rings is 1. The molecule has 0 unspecified atom stereocenters. The highest BCUT2D eigenvalue weighted by atomic mass is 32.2.